The molecule has 0 spiro atoms. The monoisotopic (exact) mass is 551 g/mol. The van der Waals surface area contributed by atoms with Crippen LogP contribution in [0.3, 0.4) is 0 Å². The van der Waals surface area contributed by atoms with Gasteiger partial charge < -0.3 is 35.2 Å². The molecule has 0 aromatic rings. The molecular formula is C29H58KN3S2. The zero-order valence-corrected chi connectivity index (χ0v) is 28.7. The Kier molecular flexibility index (Phi) is 28.5. The van der Waals surface area contributed by atoms with Crippen LogP contribution in [0.15, 0.2) is 0 Å². The summed E-state index contributed by atoms with van der Waals surface area (Å²) in [5.41, 5.74) is 3.15. The van der Waals surface area contributed by atoms with E-state index >= 15 is 0 Å². The van der Waals surface area contributed by atoms with Gasteiger partial charge in [-0.05, 0) is 23.1 Å². The molecule has 1 unspecified atom stereocenters. The van der Waals surface area contributed by atoms with E-state index in [9.17, 15) is 0 Å². The summed E-state index contributed by atoms with van der Waals surface area (Å²) in [6.45, 7) is 10.2. The molecule has 202 valence electrons. The third-order valence-electron chi connectivity index (χ3n) is 7.57. The molecule has 0 aromatic heterocycles. The van der Waals surface area contributed by atoms with Crippen molar-refractivity contribution in [1.82, 2.24) is 15.3 Å². The van der Waals surface area contributed by atoms with Gasteiger partial charge in [-0.15, -0.1) is 0 Å². The van der Waals surface area contributed by atoms with E-state index in [-0.39, 0.29) is 51.4 Å². The number of nitrogens with one attached hydrogen (secondary N) is 1. The van der Waals surface area contributed by atoms with Crippen molar-refractivity contribution in [2.45, 2.75) is 142 Å². The van der Waals surface area contributed by atoms with E-state index in [1.807, 2.05) is 0 Å². The van der Waals surface area contributed by atoms with Crippen LogP contribution in [0.1, 0.15) is 142 Å². The van der Waals surface area contributed by atoms with Gasteiger partial charge in [0.1, 0.15) is 0 Å². The maximum atomic E-state index is 5.03. The van der Waals surface area contributed by atoms with Crippen molar-refractivity contribution in [3.8, 4) is 0 Å². The third-order valence-corrected chi connectivity index (χ3v) is 7.75. The molecule has 0 bridgehead atoms. The molecule has 1 heterocycles. The number of piperazine rings is 1. The van der Waals surface area contributed by atoms with Crippen molar-refractivity contribution in [1.29, 1.82) is 0 Å². The Labute approximate surface area is 273 Å². The van der Waals surface area contributed by atoms with Crippen LogP contribution in [-0.4, -0.2) is 47.0 Å². The average Bonchev–Trinajstić information content (AvgIpc) is 2.82. The maximum absolute atomic E-state index is 5.03. The van der Waals surface area contributed by atoms with Crippen molar-refractivity contribution in [2.24, 2.45) is 5.92 Å². The van der Waals surface area contributed by atoms with Crippen LogP contribution in [0.25, 0.3) is 0 Å². The second-order valence-corrected chi connectivity index (χ2v) is 11.9. The van der Waals surface area contributed by atoms with Gasteiger partial charge in [-0.2, -0.15) is 0 Å². The van der Waals surface area contributed by atoms with Crippen LogP contribution < -0.4 is 56.8 Å². The molecule has 0 amide bonds. The summed E-state index contributed by atoms with van der Waals surface area (Å²) in [6.07, 6.45) is 28.7. The first-order chi connectivity index (χ1) is 16.7. The summed E-state index contributed by atoms with van der Waals surface area (Å²) in [6, 6.07) is 0. The van der Waals surface area contributed by atoms with Crippen LogP contribution in [0, 0.1) is 5.92 Å². The summed E-state index contributed by atoms with van der Waals surface area (Å²) in [5.74, 6) is 0.883. The molecule has 0 aromatic carbocycles. The molecular weight excluding hydrogens is 494 g/mol. The molecule has 0 saturated carbocycles. The van der Waals surface area contributed by atoms with Crippen molar-refractivity contribution in [2.75, 3.05) is 32.7 Å². The van der Waals surface area contributed by atoms with Gasteiger partial charge >= 0.3 is 51.4 Å². The van der Waals surface area contributed by atoms with E-state index in [1.54, 1.807) is 0 Å². The molecule has 1 fully saturated rings. The minimum absolute atomic E-state index is 0. The molecule has 1 rings (SSSR count). The van der Waals surface area contributed by atoms with Crippen molar-refractivity contribution < 1.29 is 51.4 Å². The van der Waals surface area contributed by atoms with Gasteiger partial charge in [0.25, 0.3) is 0 Å². The van der Waals surface area contributed by atoms with Crippen LogP contribution in [0.5, 0.6) is 0 Å². The Hall–Kier alpha value is 1.67. The first kappa shape index (κ1) is 36.7. The van der Waals surface area contributed by atoms with E-state index in [2.05, 4.69) is 29.2 Å². The smallest absolute Gasteiger partial charge is 0.410 e. The zero-order chi connectivity index (χ0) is 24.7. The van der Waals surface area contributed by atoms with Gasteiger partial charge in [0.05, 0.1) is 0 Å². The fourth-order valence-electron chi connectivity index (χ4n) is 5.35. The number of thiocarbonyl (C=S) groups is 1. The molecule has 1 aliphatic heterocycles. The van der Waals surface area contributed by atoms with Gasteiger partial charge in [0.2, 0.25) is 0 Å². The summed E-state index contributed by atoms with van der Waals surface area (Å²) in [4.78, 5) is 2.69. The van der Waals surface area contributed by atoms with Gasteiger partial charge in [-0.1, -0.05) is 129 Å². The van der Waals surface area contributed by atoms with Crippen LogP contribution in [0.4, 0.5) is 0 Å². The fraction of sp³-hybridized carbons (Fsp3) is 0.966. The molecule has 1 saturated heterocycles. The maximum Gasteiger partial charge on any atom is 1.00 e. The van der Waals surface area contributed by atoms with Crippen molar-refractivity contribution in [3.63, 3.8) is 0 Å². The molecule has 0 radical (unpaired) electrons. The predicted octanol–water partition coefficient (Wildman–Crippen LogP) is 5.40. The number of unbranched alkanes of at least 4 members (excludes halogenated alkanes) is 16. The van der Waals surface area contributed by atoms with E-state index in [4.69, 9.17) is 24.8 Å². The molecule has 0 aliphatic carbocycles. The van der Waals surface area contributed by atoms with Crippen LogP contribution in [-0.2, 0) is 12.6 Å². The quantitative estimate of drug-likeness (QED) is 0.0791. The van der Waals surface area contributed by atoms with E-state index in [1.165, 1.54) is 135 Å². The normalized spacial score (nSPS) is 15.6. The molecule has 1 atom stereocenters. The van der Waals surface area contributed by atoms with Crippen molar-refractivity contribution >= 4 is 29.2 Å². The Bertz CT molecular complexity index is 459. The Morgan fingerprint density at radius 3 is 1.40 bits per heavy atom. The van der Waals surface area contributed by atoms with Crippen LogP contribution >= 0.6 is 12.2 Å². The number of hydrazine groups is 1. The minimum Gasteiger partial charge on any atom is -0.410 e. The first-order valence-corrected chi connectivity index (χ1v) is 15.9. The molecule has 6 heteroatoms. The van der Waals surface area contributed by atoms with E-state index in [0.29, 0.717) is 4.32 Å². The SMILES string of the molecule is CCCCCCCCCCCCC(CCCCCCCCCC)CN1CCN(NC(=S)[S-])CC1.[K+]. The Morgan fingerprint density at radius 2 is 1.03 bits per heavy atom. The Morgan fingerprint density at radius 1 is 0.657 bits per heavy atom. The average molecular weight is 552 g/mol. The molecule has 35 heavy (non-hydrogen) atoms. The Balaban J connectivity index is 0.0000116. The number of rotatable bonds is 23. The van der Waals surface area contributed by atoms with Gasteiger partial charge in [0.15, 0.2) is 0 Å². The predicted molar refractivity (Wildman–Crippen MR) is 158 cm³/mol. The molecule has 1 N–H and O–H groups in total. The second kappa shape index (κ2) is 27.2. The van der Waals surface area contributed by atoms with E-state index in [0.717, 1.165) is 32.1 Å². The summed E-state index contributed by atoms with van der Waals surface area (Å²) in [5, 5.41) is 2.20. The number of nitrogens with zero attached hydrogens (tertiary/aromatic N) is 2. The van der Waals surface area contributed by atoms with E-state index < -0.39 is 0 Å². The van der Waals surface area contributed by atoms with Crippen LogP contribution in [0.2, 0.25) is 0 Å². The number of hydrogen-bond donors (Lipinski definition) is 1. The van der Waals surface area contributed by atoms with Gasteiger partial charge in [0, 0.05) is 32.7 Å². The second-order valence-electron chi connectivity index (χ2n) is 10.8. The topological polar surface area (TPSA) is 18.5 Å². The molecule has 3 nitrogen and oxygen atoms in total. The molecule has 1 aliphatic rings. The van der Waals surface area contributed by atoms with Gasteiger partial charge in [-0.25, -0.2) is 5.01 Å². The largest absolute Gasteiger partial charge is 1.00 e. The zero-order valence-electron chi connectivity index (χ0n) is 24.0. The summed E-state index contributed by atoms with van der Waals surface area (Å²) >= 11 is 10.1. The first-order valence-electron chi connectivity index (χ1n) is 15.1. The minimum atomic E-state index is 0. The fourth-order valence-corrected chi connectivity index (χ4v) is 5.61. The summed E-state index contributed by atoms with van der Waals surface area (Å²) in [7, 11) is 0. The van der Waals surface area contributed by atoms with Crippen molar-refractivity contribution in [3.05, 3.63) is 0 Å². The number of hydrogen-bond acceptors (Lipinski definition) is 4. The third kappa shape index (κ3) is 23.3. The standard InChI is InChI=1S/C29H59N3S2.K/c1-3-5-7-9-11-13-14-16-18-20-22-28(21-19-17-15-12-10-8-6-4-2)27-31-23-25-32(26-24-31)30-29(33)34;/h28H,3-27H2,1-2H3,(H2,30,33,34);/q;+1/p-1. The van der Waals surface area contributed by atoms with Gasteiger partial charge in [-0.3, -0.25) is 0 Å². The summed E-state index contributed by atoms with van der Waals surface area (Å²) < 4.78 is 0.474.